The fourth-order valence-electron chi connectivity index (χ4n) is 2.74. The van der Waals surface area contributed by atoms with E-state index in [0.29, 0.717) is 11.6 Å². The first-order valence-electron chi connectivity index (χ1n) is 6.39. The highest BCUT2D eigenvalue weighted by atomic mass is 35.5. The van der Waals surface area contributed by atoms with E-state index in [2.05, 4.69) is 16.3 Å². The van der Waals surface area contributed by atoms with Gasteiger partial charge in [-0.3, -0.25) is 5.10 Å². The Kier molecular flexibility index (Phi) is 3.11. The van der Waals surface area contributed by atoms with Crippen molar-refractivity contribution in [3.8, 4) is 16.9 Å². The topological polar surface area (TPSA) is 63.9 Å². The second-order valence-corrected chi connectivity index (χ2v) is 5.19. The Hall–Kier alpha value is -1.68. The molecule has 100 valence electrons. The lowest BCUT2D eigenvalue weighted by molar-refractivity contribution is 0.415. The average Bonchev–Trinajstić information content (AvgIpc) is 2.85. The zero-order chi connectivity index (χ0) is 13.4. The fourth-order valence-corrected chi connectivity index (χ4v) is 3.14. The molecule has 0 spiro atoms. The van der Waals surface area contributed by atoms with Crippen molar-refractivity contribution in [2.45, 2.75) is 25.7 Å². The SMILES string of the molecule is COc1c(-c2cn[nH]c2N)cc2c(c1Cl)CCCC2. The molecule has 0 saturated carbocycles. The van der Waals surface area contributed by atoms with Gasteiger partial charge in [-0.2, -0.15) is 5.10 Å². The molecule has 1 aromatic carbocycles. The molecule has 2 aromatic rings. The maximum atomic E-state index is 6.50. The predicted molar refractivity (Wildman–Crippen MR) is 76.6 cm³/mol. The third-order valence-electron chi connectivity index (χ3n) is 3.70. The van der Waals surface area contributed by atoms with Gasteiger partial charge in [-0.1, -0.05) is 11.6 Å². The number of hydrogen-bond donors (Lipinski definition) is 2. The Labute approximate surface area is 116 Å². The van der Waals surface area contributed by atoms with Crippen LogP contribution < -0.4 is 10.5 Å². The van der Waals surface area contributed by atoms with Crippen molar-refractivity contribution in [2.75, 3.05) is 12.8 Å². The molecule has 1 aliphatic rings. The van der Waals surface area contributed by atoms with Crippen LogP contribution in [0.2, 0.25) is 5.02 Å². The van der Waals surface area contributed by atoms with Crippen molar-refractivity contribution < 1.29 is 4.74 Å². The lowest BCUT2D eigenvalue weighted by Crippen LogP contribution is -2.05. The smallest absolute Gasteiger partial charge is 0.145 e. The van der Waals surface area contributed by atoms with Gasteiger partial charge in [0.2, 0.25) is 0 Å². The number of fused-ring (bicyclic) bond motifs is 1. The Morgan fingerprint density at radius 2 is 2.11 bits per heavy atom. The molecule has 4 nitrogen and oxygen atoms in total. The fraction of sp³-hybridized carbons (Fsp3) is 0.357. The second kappa shape index (κ2) is 4.78. The standard InChI is InChI=1S/C14H16ClN3O/c1-19-13-10(11-7-17-18-14(11)16)6-8-4-2-3-5-9(8)12(13)15/h6-7H,2-5H2,1H3,(H3,16,17,18). The number of rotatable bonds is 2. The van der Waals surface area contributed by atoms with Crippen LogP contribution in [-0.2, 0) is 12.8 Å². The van der Waals surface area contributed by atoms with Gasteiger partial charge >= 0.3 is 0 Å². The number of benzene rings is 1. The highest BCUT2D eigenvalue weighted by Gasteiger charge is 2.22. The van der Waals surface area contributed by atoms with Gasteiger partial charge < -0.3 is 10.5 Å². The van der Waals surface area contributed by atoms with Crippen LogP contribution in [0.3, 0.4) is 0 Å². The number of nitrogens with one attached hydrogen (secondary N) is 1. The van der Waals surface area contributed by atoms with E-state index >= 15 is 0 Å². The molecule has 0 unspecified atom stereocenters. The second-order valence-electron chi connectivity index (χ2n) is 4.81. The molecule has 1 aromatic heterocycles. The summed E-state index contributed by atoms with van der Waals surface area (Å²) in [5, 5.41) is 7.43. The van der Waals surface area contributed by atoms with Crippen LogP contribution in [0.1, 0.15) is 24.0 Å². The number of aromatic nitrogens is 2. The van der Waals surface area contributed by atoms with Gasteiger partial charge in [0.05, 0.1) is 18.3 Å². The van der Waals surface area contributed by atoms with Gasteiger partial charge in [0.1, 0.15) is 11.6 Å². The highest BCUT2D eigenvalue weighted by Crippen LogP contribution is 2.43. The van der Waals surface area contributed by atoms with Crippen molar-refractivity contribution in [1.29, 1.82) is 0 Å². The largest absolute Gasteiger partial charge is 0.495 e. The van der Waals surface area contributed by atoms with E-state index in [-0.39, 0.29) is 0 Å². The molecule has 0 amide bonds. The van der Waals surface area contributed by atoms with Gasteiger partial charge in [0.25, 0.3) is 0 Å². The van der Waals surface area contributed by atoms with Gasteiger partial charge in [0.15, 0.2) is 0 Å². The number of methoxy groups -OCH3 is 1. The van der Waals surface area contributed by atoms with Crippen molar-refractivity contribution in [1.82, 2.24) is 10.2 Å². The van der Waals surface area contributed by atoms with E-state index in [0.717, 1.165) is 29.0 Å². The molecule has 0 saturated heterocycles. The average molecular weight is 278 g/mol. The summed E-state index contributed by atoms with van der Waals surface area (Å²) in [5.41, 5.74) is 10.2. The van der Waals surface area contributed by atoms with Crippen LogP contribution in [0.4, 0.5) is 5.82 Å². The van der Waals surface area contributed by atoms with E-state index < -0.39 is 0 Å². The van der Waals surface area contributed by atoms with Crippen LogP contribution in [-0.4, -0.2) is 17.3 Å². The first-order chi connectivity index (χ1) is 9.22. The molecule has 0 radical (unpaired) electrons. The molecule has 0 aliphatic heterocycles. The Bertz CT molecular complexity index is 621. The summed E-state index contributed by atoms with van der Waals surface area (Å²) in [4.78, 5) is 0. The van der Waals surface area contributed by atoms with Gasteiger partial charge in [0, 0.05) is 11.1 Å². The quantitative estimate of drug-likeness (QED) is 0.886. The van der Waals surface area contributed by atoms with Crippen LogP contribution in [0.5, 0.6) is 5.75 Å². The molecule has 1 aliphatic carbocycles. The van der Waals surface area contributed by atoms with E-state index in [1.54, 1.807) is 13.3 Å². The summed E-state index contributed by atoms with van der Waals surface area (Å²) in [5.74, 6) is 1.22. The number of aromatic amines is 1. The number of aryl methyl sites for hydroxylation is 1. The number of ether oxygens (including phenoxy) is 1. The Morgan fingerprint density at radius 1 is 1.32 bits per heavy atom. The van der Waals surface area contributed by atoms with Crippen molar-refractivity contribution >= 4 is 17.4 Å². The van der Waals surface area contributed by atoms with Crippen LogP contribution in [0, 0.1) is 0 Å². The number of anilines is 1. The molecule has 3 rings (SSSR count). The molecule has 0 fully saturated rings. The predicted octanol–water partition coefficient (Wildman–Crippen LogP) is 3.20. The lowest BCUT2D eigenvalue weighted by atomic mass is 9.88. The molecule has 19 heavy (non-hydrogen) atoms. The number of nitrogens with two attached hydrogens (primary N) is 1. The maximum Gasteiger partial charge on any atom is 0.145 e. The number of halogens is 1. The normalized spacial score (nSPS) is 14.2. The van der Waals surface area contributed by atoms with E-state index in [4.69, 9.17) is 22.1 Å². The van der Waals surface area contributed by atoms with Gasteiger partial charge in [-0.25, -0.2) is 0 Å². The van der Waals surface area contributed by atoms with Gasteiger partial charge in [-0.05, 0) is 42.9 Å². The van der Waals surface area contributed by atoms with Crippen molar-refractivity contribution in [3.05, 3.63) is 28.4 Å². The third kappa shape index (κ3) is 1.96. The molecule has 3 N–H and O–H groups in total. The van der Waals surface area contributed by atoms with E-state index in [1.165, 1.54) is 24.0 Å². The summed E-state index contributed by atoms with van der Waals surface area (Å²) in [6, 6.07) is 2.14. The minimum Gasteiger partial charge on any atom is -0.495 e. The summed E-state index contributed by atoms with van der Waals surface area (Å²) >= 11 is 6.50. The summed E-state index contributed by atoms with van der Waals surface area (Å²) in [6.07, 6.45) is 6.17. The monoisotopic (exact) mass is 277 g/mol. The maximum absolute atomic E-state index is 6.50. The van der Waals surface area contributed by atoms with E-state index in [1.807, 2.05) is 0 Å². The van der Waals surface area contributed by atoms with Crippen LogP contribution in [0.15, 0.2) is 12.3 Å². The number of H-pyrrole nitrogens is 1. The van der Waals surface area contributed by atoms with Crippen LogP contribution in [0.25, 0.3) is 11.1 Å². The lowest BCUT2D eigenvalue weighted by Gasteiger charge is -2.21. The van der Waals surface area contributed by atoms with Crippen molar-refractivity contribution in [3.63, 3.8) is 0 Å². The molecule has 0 bridgehead atoms. The summed E-state index contributed by atoms with van der Waals surface area (Å²) in [6.45, 7) is 0. The first-order valence-corrected chi connectivity index (χ1v) is 6.77. The van der Waals surface area contributed by atoms with Crippen molar-refractivity contribution in [2.24, 2.45) is 0 Å². The minimum absolute atomic E-state index is 0.533. The zero-order valence-corrected chi connectivity index (χ0v) is 11.5. The molecule has 5 heteroatoms. The highest BCUT2D eigenvalue weighted by molar-refractivity contribution is 6.33. The molecule has 0 atom stereocenters. The minimum atomic E-state index is 0.533. The number of nitrogens with zero attached hydrogens (tertiary/aromatic N) is 1. The molecule has 1 heterocycles. The van der Waals surface area contributed by atoms with Gasteiger partial charge in [-0.15, -0.1) is 0 Å². The summed E-state index contributed by atoms with van der Waals surface area (Å²) in [7, 11) is 1.64. The third-order valence-corrected chi connectivity index (χ3v) is 4.10. The van der Waals surface area contributed by atoms with E-state index in [9.17, 15) is 0 Å². The summed E-state index contributed by atoms with van der Waals surface area (Å²) < 4.78 is 5.49. The van der Waals surface area contributed by atoms with Crippen LogP contribution >= 0.6 is 11.6 Å². The zero-order valence-electron chi connectivity index (χ0n) is 10.8. The number of hydrogen-bond acceptors (Lipinski definition) is 3. The Balaban J connectivity index is 2.24. The molecular weight excluding hydrogens is 262 g/mol. The first kappa shape index (κ1) is 12.4. The number of nitrogen functional groups attached to an aromatic ring is 1. The Morgan fingerprint density at radius 3 is 2.79 bits per heavy atom. The molecular formula is C14H16ClN3O.